The average Bonchev–Trinajstić information content (AvgIpc) is 2.47. The topological polar surface area (TPSA) is 41.5 Å². The molecule has 1 atom stereocenters. The summed E-state index contributed by atoms with van der Waals surface area (Å²) in [6.07, 6.45) is 0. The van der Waals surface area contributed by atoms with Crippen LogP contribution in [0.5, 0.6) is 11.5 Å². The number of benzene rings is 2. The molecule has 2 N–H and O–H groups in total. The van der Waals surface area contributed by atoms with Gasteiger partial charge in [0.2, 0.25) is 0 Å². The van der Waals surface area contributed by atoms with Gasteiger partial charge in [0.05, 0.1) is 7.11 Å². The highest BCUT2D eigenvalue weighted by atomic mass is 35.5. The van der Waals surface area contributed by atoms with Gasteiger partial charge in [0, 0.05) is 29.2 Å². The zero-order chi connectivity index (χ0) is 15.4. The van der Waals surface area contributed by atoms with Crippen LogP contribution in [0.25, 0.3) is 0 Å². The van der Waals surface area contributed by atoms with E-state index in [1.54, 1.807) is 12.1 Å². The van der Waals surface area contributed by atoms with Crippen molar-refractivity contribution in [1.82, 2.24) is 5.32 Å². The second-order valence-electron chi connectivity index (χ2n) is 5.13. The SMILES string of the molecule is COc1cc(Cl)cc(CN[C@H](C)c2cccc(C)c2)c1O. The zero-order valence-electron chi connectivity index (χ0n) is 12.5. The summed E-state index contributed by atoms with van der Waals surface area (Å²) in [4.78, 5) is 0. The summed E-state index contributed by atoms with van der Waals surface area (Å²) >= 11 is 6.03. The molecule has 0 aromatic heterocycles. The minimum atomic E-state index is 0.130. The van der Waals surface area contributed by atoms with Crippen LogP contribution in [0, 0.1) is 6.92 Å². The molecule has 21 heavy (non-hydrogen) atoms. The first kappa shape index (κ1) is 15.7. The Hall–Kier alpha value is -1.71. The third-order valence-corrected chi connectivity index (χ3v) is 3.70. The van der Waals surface area contributed by atoms with E-state index in [0.717, 1.165) is 5.56 Å². The van der Waals surface area contributed by atoms with Crippen molar-refractivity contribution in [2.75, 3.05) is 7.11 Å². The monoisotopic (exact) mass is 305 g/mol. The van der Waals surface area contributed by atoms with E-state index in [9.17, 15) is 5.11 Å². The number of ether oxygens (including phenoxy) is 1. The standard InChI is InChI=1S/C17H20ClNO2/c1-11-5-4-6-13(7-11)12(2)19-10-14-8-15(18)9-16(21-3)17(14)20/h4-9,12,19-20H,10H2,1-3H3/t12-/m1/s1. The average molecular weight is 306 g/mol. The number of phenols is 1. The highest BCUT2D eigenvalue weighted by Gasteiger charge is 2.11. The summed E-state index contributed by atoms with van der Waals surface area (Å²) in [7, 11) is 1.51. The summed E-state index contributed by atoms with van der Waals surface area (Å²) in [5, 5.41) is 14.1. The normalized spacial score (nSPS) is 12.2. The van der Waals surface area contributed by atoms with Crippen molar-refractivity contribution in [2.24, 2.45) is 0 Å². The molecule has 0 aliphatic rings. The van der Waals surface area contributed by atoms with E-state index in [1.807, 2.05) is 6.07 Å². The van der Waals surface area contributed by atoms with Crippen molar-refractivity contribution >= 4 is 11.6 Å². The largest absolute Gasteiger partial charge is 0.504 e. The fourth-order valence-electron chi connectivity index (χ4n) is 2.24. The lowest BCUT2D eigenvalue weighted by atomic mass is 10.1. The van der Waals surface area contributed by atoms with Gasteiger partial charge in [0.25, 0.3) is 0 Å². The Bertz CT molecular complexity index is 628. The molecule has 2 aromatic carbocycles. The highest BCUT2D eigenvalue weighted by Crippen LogP contribution is 2.33. The molecular weight excluding hydrogens is 286 g/mol. The van der Waals surface area contributed by atoms with E-state index in [2.05, 4.69) is 37.4 Å². The van der Waals surface area contributed by atoms with Crippen molar-refractivity contribution in [3.05, 3.63) is 58.1 Å². The number of methoxy groups -OCH3 is 1. The molecule has 0 aliphatic heterocycles. The van der Waals surface area contributed by atoms with E-state index in [-0.39, 0.29) is 11.8 Å². The summed E-state index contributed by atoms with van der Waals surface area (Å²) in [5.41, 5.74) is 3.16. The number of halogens is 1. The molecule has 2 aromatic rings. The van der Waals surface area contributed by atoms with Gasteiger partial charge >= 0.3 is 0 Å². The Labute approximate surface area is 130 Å². The number of hydrogen-bond donors (Lipinski definition) is 2. The third kappa shape index (κ3) is 3.90. The molecule has 0 bridgehead atoms. The lowest BCUT2D eigenvalue weighted by Crippen LogP contribution is -2.18. The Morgan fingerprint density at radius 1 is 1.29 bits per heavy atom. The Balaban J connectivity index is 2.11. The van der Waals surface area contributed by atoms with Gasteiger partial charge in [-0.1, -0.05) is 41.4 Å². The lowest BCUT2D eigenvalue weighted by molar-refractivity contribution is 0.369. The molecule has 2 rings (SSSR count). The van der Waals surface area contributed by atoms with Crippen molar-refractivity contribution < 1.29 is 9.84 Å². The molecule has 0 radical (unpaired) electrons. The van der Waals surface area contributed by atoms with E-state index in [1.165, 1.54) is 18.2 Å². The van der Waals surface area contributed by atoms with Gasteiger partial charge in [-0.25, -0.2) is 0 Å². The van der Waals surface area contributed by atoms with Gasteiger partial charge in [0.15, 0.2) is 11.5 Å². The molecule has 0 aliphatic carbocycles. The molecule has 4 heteroatoms. The number of aromatic hydroxyl groups is 1. The highest BCUT2D eigenvalue weighted by molar-refractivity contribution is 6.30. The maximum atomic E-state index is 10.1. The molecule has 0 saturated heterocycles. The number of phenolic OH excluding ortho intramolecular Hbond substituents is 1. The van der Waals surface area contributed by atoms with Crippen LogP contribution in [0.4, 0.5) is 0 Å². The van der Waals surface area contributed by atoms with E-state index >= 15 is 0 Å². The number of hydrogen-bond acceptors (Lipinski definition) is 3. The van der Waals surface area contributed by atoms with Crippen molar-refractivity contribution in [3.63, 3.8) is 0 Å². The van der Waals surface area contributed by atoms with E-state index in [4.69, 9.17) is 16.3 Å². The van der Waals surface area contributed by atoms with Gasteiger partial charge in [-0.2, -0.15) is 0 Å². The van der Waals surface area contributed by atoms with Gasteiger partial charge in [-0.15, -0.1) is 0 Å². The molecule has 0 fully saturated rings. The van der Waals surface area contributed by atoms with Gasteiger partial charge in [-0.3, -0.25) is 0 Å². The predicted molar refractivity (Wildman–Crippen MR) is 86.1 cm³/mol. The van der Waals surface area contributed by atoms with Crippen LogP contribution < -0.4 is 10.1 Å². The van der Waals surface area contributed by atoms with Crippen LogP contribution in [0.3, 0.4) is 0 Å². The summed E-state index contributed by atoms with van der Waals surface area (Å²) in [5.74, 6) is 0.522. The second-order valence-corrected chi connectivity index (χ2v) is 5.57. The van der Waals surface area contributed by atoms with Gasteiger partial charge < -0.3 is 15.2 Å². The molecule has 0 unspecified atom stereocenters. The van der Waals surface area contributed by atoms with E-state index < -0.39 is 0 Å². The van der Waals surface area contributed by atoms with Crippen molar-refractivity contribution in [2.45, 2.75) is 26.4 Å². The van der Waals surface area contributed by atoms with Crippen LogP contribution in [0.15, 0.2) is 36.4 Å². The Kier molecular flexibility index (Phi) is 5.10. The first-order chi connectivity index (χ1) is 10.0. The maximum Gasteiger partial charge on any atom is 0.162 e. The number of rotatable bonds is 5. The minimum absolute atomic E-state index is 0.130. The molecule has 0 saturated carbocycles. The van der Waals surface area contributed by atoms with Crippen LogP contribution in [0.2, 0.25) is 5.02 Å². The van der Waals surface area contributed by atoms with Crippen LogP contribution >= 0.6 is 11.6 Å². The molecule has 0 heterocycles. The summed E-state index contributed by atoms with van der Waals surface area (Å²) in [6.45, 7) is 4.68. The van der Waals surface area contributed by atoms with Gasteiger partial charge in [-0.05, 0) is 25.5 Å². The smallest absolute Gasteiger partial charge is 0.162 e. The van der Waals surface area contributed by atoms with Crippen LogP contribution in [-0.2, 0) is 6.54 Å². The molecule has 0 spiro atoms. The Morgan fingerprint density at radius 2 is 2.05 bits per heavy atom. The summed E-state index contributed by atoms with van der Waals surface area (Å²) < 4.78 is 5.11. The van der Waals surface area contributed by atoms with E-state index in [0.29, 0.717) is 17.3 Å². The number of aryl methyl sites for hydroxylation is 1. The predicted octanol–water partition coefficient (Wildman–Crippen LogP) is 4.21. The van der Waals surface area contributed by atoms with Crippen LogP contribution in [-0.4, -0.2) is 12.2 Å². The maximum absolute atomic E-state index is 10.1. The third-order valence-electron chi connectivity index (χ3n) is 3.48. The van der Waals surface area contributed by atoms with Crippen molar-refractivity contribution in [3.8, 4) is 11.5 Å². The zero-order valence-corrected chi connectivity index (χ0v) is 13.2. The minimum Gasteiger partial charge on any atom is -0.504 e. The molecule has 3 nitrogen and oxygen atoms in total. The first-order valence-corrected chi connectivity index (χ1v) is 7.24. The number of nitrogens with one attached hydrogen (secondary N) is 1. The van der Waals surface area contributed by atoms with Gasteiger partial charge in [0.1, 0.15) is 0 Å². The summed E-state index contributed by atoms with van der Waals surface area (Å²) in [6, 6.07) is 11.9. The fourth-order valence-corrected chi connectivity index (χ4v) is 2.47. The Morgan fingerprint density at radius 3 is 2.71 bits per heavy atom. The quantitative estimate of drug-likeness (QED) is 0.869. The molecular formula is C17H20ClNO2. The lowest BCUT2D eigenvalue weighted by Gasteiger charge is -2.16. The first-order valence-electron chi connectivity index (χ1n) is 6.86. The second kappa shape index (κ2) is 6.83. The fraction of sp³-hybridized carbons (Fsp3) is 0.294. The van der Waals surface area contributed by atoms with Crippen LogP contribution in [0.1, 0.15) is 29.7 Å². The van der Waals surface area contributed by atoms with Crippen molar-refractivity contribution in [1.29, 1.82) is 0 Å². The molecule has 112 valence electrons. The molecule has 0 amide bonds.